The van der Waals surface area contributed by atoms with Crippen LogP contribution in [0.15, 0.2) is 30.6 Å². The molecule has 0 radical (unpaired) electrons. The van der Waals surface area contributed by atoms with Crippen LogP contribution in [0.5, 0.6) is 5.75 Å². The predicted octanol–water partition coefficient (Wildman–Crippen LogP) is 1.51. The van der Waals surface area contributed by atoms with Gasteiger partial charge in [-0.05, 0) is 19.1 Å². The van der Waals surface area contributed by atoms with Crippen molar-refractivity contribution in [1.82, 2.24) is 14.9 Å². The molecule has 3 rings (SSSR count). The predicted molar refractivity (Wildman–Crippen MR) is 65.9 cm³/mol. The van der Waals surface area contributed by atoms with Crippen molar-refractivity contribution in [3.8, 4) is 11.4 Å². The summed E-state index contributed by atoms with van der Waals surface area (Å²) in [6.45, 7) is 2.83. The van der Waals surface area contributed by atoms with Crippen LogP contribution in [-0.4, -0.2) is 22.0 Å². The highest BCUT2D eigenvalue weighted by Crippen LogP contribution is 2.30. The van der Waals surface area contributed by atoms with Crippen molar-refractivity contribution < 1.29 is 9.53 Å². The number of nitrogens with zero attached hydrogens (tertiary/aromatic N) is 2. The molecule has 1 aromatic carbocycles. The molecule has 5 nitrogen and oxygen atoms in total. The maximum atomic E-state index is 11.8. The number of carbonyl (C=O) groups is 1. The first-order chi connectivity index (χ1) is 8.81. The third-order valence-electron chi connectivity index (χ3n) is 2.91. The Balaban J connectivity index is 2.07. The highest BCUT2D eigenvalue weighted by Gasteiger charge is 2.23. The first-order valence-corrected chi connectivity index (χ1v) is 5.88. The van der Waals surface area contributed by atoms with Crippen molar-refractivity contribution in [1.29, 1.82) is 0 Å². The van der Waals surface area contributed by atoms with Crippen LogP contribution in [-0.2, 0) is 6.61 Å². The Morgan fingerprint density at radius 1 is 1.50 bits per heavy atom. The number of para-hydroxylation sites is 2. The molecule has 0 fully saturated rings. The van der Waals surface area contributed by atoms with Crippen molar-refractivity contribution in [2.24, 2.45) is 0 Å². The van der Waals surface area contributed by atoms with Gasteiger partial charge in [-0.25, -0.2) is 4.98 Å². The highest BCUT2D eigenvalue weighted by molar-refractivity contribution is 5.93. The van der Waals surface area contributed by atoms with E-state index in [1.54, 1.807) is 6.33 Å². The Hall–Kier alpha value is -2.30. The lowest BCUT2D eigenvalue weighted by Crippen LogP contribution is -2.25. The van der Waals surface area contributed by atoms with Crippen molar-refractivity contribution in [3.05, 3.63) is 42.0 Å². The van der Waals surface area contributed by atoms with Gasteiger partial charge in [0.1, 0.15) is 18.7 Å². The molecule has 1 aliphatic rings. The first kappa shape index (κ1) is 10.8. The zero-order valence-corrected chi connectivity index (χ0v) is 10.0. The Labute approximate surface area is 104 Å². The number of carbonyl (C=O) groups excluding carboxylic acids is 1. The summed E-state index contributed by atoms with van der Waals surface area (Å²) in [7, 11) is 0. The van der Waals surface area contributed by atoms with E-state index >= 15 is 0 Å². The van der Waals surface area contributed by atoms with E-state index in [0.29, 0.717) is 18.8 Å². The summed E-state index contributed by atoms with van der Waals surface area (Å²) in [5.41, 5.74) is 2.15. The third-order valence-corrected chi connectivity index (χ3v) is 2.91. The average molecular weight is 243 g/mol. The van der Waals surface area contributed by atoms with Crippen LogP contribution in [0.3, 0.4) is 0 Å². The number of hydrogen-bond acceptors (Lipinski definition) is 3. The van der Waals surface area contributed by atoms with Crippen LogP contribution in [0.1, 0.15) is 23.1 Å². The third kappa shape index (κ3) is 1.55. The zero-order chi connectivity index (χ0) is 12.5. The van der Waals surface area contributed by atoms with Gasteiger partial charge in [0.2, 0.25) is 0 Å². The number of hydrogen-bond donors (Lipinski definition) is 1. The average Bonchev–Trinajstić information content (AvgIpc) is 2.83. The van der Waals surface area contributed by atoms with E-state index in [9.17, 15) is 4.79 Å². The van der Waals surface area contributed by atoms with Crippen molar-refractivity contribution in [3.63, 3.8) is 0 Å². The summed E-state index contributed by atoms with van der Waals surface area (Å²) in [6.07, 6.45) is 1.67. The molecule has 0 saturated heterocycles. The van der Waals surface area contributed by atoms with Crippen molar-refractivity contribution in [2.75, 3.05) is 6.54 Å². The maximum Gasteiger partial charge on any atom is 0.271 e. The van der Waals surface area contributed by atoms with Gasteiger partial charge in [-0.15, -0.1) is 0 Å². The smallest absolute Gasteiger partial charge is 0.271 e. The summed E-state index contributed by atoms with van der Waals surface area (Å²) < 4.78 is 7.54. The van der Waals surface area contributed by atoms with E-state index in [-0.39, 0.29) is 5.91 Å². The fourth-order valence-electron chi connectivity index (χ4n) is 2.08. The van der Waals surface area contributed by atoms with E-state index in [1.807, 2.05) is 35.8 Å². The highest BCUT2D eigenvalue weighted by atomic mass is 16.5. The van der Waals surface area contributed by atoms with Crippen molar-refractivity contribution >= 4 is 5.91 Å². The summed E-state index contributed by atoms with van der Waals surface area (Å²) >= 11 is 0. The minimum absolute atomic E-state index is 0.158. The van der Waals surface area contributed by atoms with Crippen LogP contribution in [0, 0.1) is 0 Å². The van der Waals surface area contributed by atoms with Gasteiger partial charge >= 0.3 is 0 Å². The number of rotatable bonds is 2. The number of fused-ring (bicyclic) bond motifs is 3. The van der Waals surface area contributed by atoms with Crippen LogP contribution < -0.4 is 10.1 Å². The molecular formula is C13H13N3O2. The minimum atomic E-state index is -0.158. The first-order valence-electron chi connectivity index (χ1n) is 5.88. The second kappa shape index (κ2) is 4.18. The van der Waals surface area contributed by atoms with E-state index in [1.165, 1.54) is 0 Å². The number of nitrogens with one attached hydrogen (secondary N) is 1. The largest absolute Gasteiger partial charge is 0.485 e. The quantitative estimate of drug-likeness (QED) is 0.870. The van der Waals surface area contributed by atoms with Gasteiger partial charge < -0.3 is 10.1 Å². The summed E-state index contributed by atoms with van der Waals surface area (Å²) in [4.78, 5) is 16.0. The van der Waals surface area contributed by atoms with Gasteiger partial charge in [0, 0.05) is 6.54 Å². The molecular weight excluding hydrogens is 230 g/mol. The molecule has 1 N–H and O–H groups in total. The molecule has 92 valence electrons. The van der Waals surface area contributed by atoms with Gasteiger partial charge in [-0.3, -0.25) is 9.36 Å². The number of ether oxygens (including phenoxy) is 1. The van der Waals surface area contributed by atoms with Crippen LogP contribution in [0.2, 0.25) is 0 Å². The molecule has 0 unspecified atom stereocenters. The standard InChI is InChI=1S/C13H13N3O2/c1-2-14-13(17)12-10-7-18-11-6-4-3-5-9(11)16(10)8-15-12/h3-6,8H,2,7H2,1H3,(H,14,17). The molecule has 18 heavy (non-hydrogen) atoms. The Bertz CT molecular complexity index is 604. The lowest BCUT2D eigenvalue weighted by Gasteiger charge is -2.20. The lowest BCUT2D eigenvalue weighted by molar-refractivity contribution is 0.0948. The molecule has 0 atom stereocenters. The minimum Gasteiger partial charge on any atom is -0.485 e. The lowest BCUT2D eigenvalue weighted by atomic mass is 10.2. The maximum absolute atomic E-state index is 11.8. The molecule has 0 spiro atoms. The van der Waals surface area contributed by atoms with Crippen LogP contribution in [0.25, 0.3) is 5.69 Å². The normalized spacial score (nSPS) is 12.3. The summed E-state index contributed by atoms with van der Waals surface area (Å²) in [5.74, 6) is 0.652. The molecule has 1 aliphatic heterocycles. The van der Waals surface area contributed by atoms with Gasteiger partial charge in [0.25, 0.3) is 5.91 Å². The van der Waals surface area contributed by atoms with Gasteiger partial charge in [-0.1, -0.05) is 12.1 Å². The molecule has 0 saturated carbocycles. The summed E-state index contributed by atoms with van der Waals surface area (Å²) in [6, 6.07) is 7.71. The van der Waals surface area contributed by atoms with E-state index in [2.05, 4.69) is 10.3 Å². The number of imidazole rings is 1. The van der Waals surface area contributed by atoms with E-state index in [0.717, 1.165) is 17.1 Å². The molecule has 1 amide bonds. The van der Waals surface area contributed by atoms with Gasteiger partial charge in [0.05, 0.1) is 11.4 Å². The molecule has 2 heterocycles. The van der Waals surface area contributed by atoms with Crippen molar-refractivity contribution in [2.45, 2.75) is 13.5 Å². The topological polar surface area (TPSA) is 56.2 Å². The van der Waals surface area contributed by atoms with Crippen LogP contribution >= 0.6 is 0 Å². The molecule has 5 heteroatoms. The second-order valence-corrected chi connectivity index (χ2v) is 4.03. The monoisotopic (exact) mass is 243 g/mol. The molecule has 0 aliphatic carbocycles. The Morgan fingerprint density at radius 3 is 3.17 bits per heavy atom. The molecule has 0 bridgehead atoms. The van der Waals surface area contributed by atoms with E-state index < -0.39 is 0 Å². The SMILES string of the molecule is CCNC(=O)c1ncn2c1COc1ccccc1-2. The number of amides is 1. The fraction of sp³-hybridized carbons (Fsp3) is 0.231. The summed E-state index contributed by atoms with van der Waals surface area (Å²) in [5, 5.41) is 2.75. The molecule has 2 aromatic rings. The second-order valence-electron chi connectivity index (χ2n) is 4.03. The zero-order valence-electron chi connectivity index (χ0n) is 10.0. The number of benzene rings is 1. The molecule has 1 aromatic heterocycles. The fourth-order valence-corrected chi connectivity index (χ4v) is 2.08. The number of aromatic nitrogens is 2. The van der Waals surface area contributed by atoms with Crippen LogP contribution in [0.4, 0.5) is 0 Å². The van der Waals surface area contributed by atoms with Gasteiger partial charge in [0.15, 0.2) is 5.69 Å². The Morgan fingerprint density at radius 2 is 2.33 bits per heavy atom. The van der Waals surface area contributed by atoms with Gasteiger partial charge in [-0.2, -0.15) is 0 Å². The van der Waals surface area contributed by atoms with E-state index in [4.69, 9.17) is 4.74 Å². The Kier molecular flexibility index (Phi) is 2.51.